The number of rotatable bonds is 7. The first kappa shape index (κ1) is 17.8. The van der Waals surface area contributed by atoms with Gasteiger partial charge in [-0.15, -0.1) is 0 Å². The normalized spacial score (nSPS) is 23.4. The van der Waals surface area contributed by atoms with E-state index >= 15 is 0 Å². The van der Waals surface area contributed by atoms with Crippen LogP contribution in [0.5, 0.6) is 0 Å². The number of carboxylic acids is 1. The standard InChI is InChI=1S/C16H30N2O3/c1-4-18(13(3)11-15(19)20)16(21)17-9-8-14-7-5-6-12(2)10-14/h12-14H,4-11H2,1-3H3,(H,17,21)(H,19,20). The van der Waals surface area contributed by atoms with Gasteiger partial charge in [-0.25, -0.2) is 4.79 Å². The van der Waals surface area contributed by atoms with Crippen molar-refractivity contribution in [1.82, 2.24) is 10.2 Å². The molecule has 0 aromatic rings. The lowest BCUT2D eigenvalue weighted by Crippen LogP contribution is -2.46. The van der Waals surface area contributed by atoms with Gasteiger partial charge in [-0.3, -0.25) is 4.79 Å². The summed E-state index contributed by atoms with van der Waals surface area (Å²) in [5, 5.41) is 11.8. The molecule has 0 aromatic heterocycles. The Labute approximate surface area is 128 Å². The molecular weight excluding hydrogens is 268 g/mol. The van der Waals surface area contributed by atoms with Crippen molar-refractivity contribution in [3.63, 3.8) is 0 Å². The van der Waals surface area contributed by atoms with Gasteiger partial charge in [0.05, 0.1) is 6.42 Å². The summed E-state index contributed by atoms with van der Waals surface area (Å²) in [6.07, 6.45) is 6.19. The Morgan fingerprint density at radius 2 is 2.10 bits per heavy atom. The topological polar surface area (TPSA) is 69.6 Å². The first-order chi connectivity index (χ1) is 9.93. The van der Waals surface area contributed by atoms with E-state index in [0.29, 0.717) is 13.1 Å². The maximum Gasteiger partial charge on any atom is 0.317 e. The van der Waals surface area contributed by atoms with E-state index in [-0.39, 0.29) is 18.5 Å². The lowest BCUT2D eigenvalue weighted by molar-refractivity contribution is -0.138. The third kappa shape index (κ3) is 6.36. The van der Waals surface area contributed by atoms with Crippen molar-refractivity contribution in [3.05, 3.63) is 0 Å². The van der Waals surface area contributed by atoms with Crippen molar-refractivity contribution in [3.8, 4) is 0 Å². The van der Waals surface area contributed by atoms with E-state index in [1.54, 1.807) is 11.8 Å². The largest absolute Gasteiger partial charge is 0.481 e. The second-order valence-corrected chi connectivity index (χ2v) is 6.39. The maximum absolute atomic E-state index is 12.1. The number of carbonyl (C=O) groups excluding carboxylic acids is 1. The number of nitrogens with one attached hydrogen (secondary N) is 1. The average Bonchev–Trinajstić information content (AvgIpc) is 2.38. The zero-order chi connectivity index (χ0) is 15.8. The minimum absolute atomic E-state index is 0.0125. The molecule has 0 radical (unpaired) electrons. The van der Waals surface area contributed by atoms with Gasteiger partial charge in [0.15, 0.2) is 0 Å². The third-order valence-electron chi connectivity index (χ3n) is 4.48. The summed E-state index contributed by atoms with van der Waals surface area (Å²) in [4.78, 5) is 24.5. The Kier molecular flexibility index (Phi) is 7.54. The lowest BCUT2D eigenvalue weighted by Gasteiger charge is -2.29. The molecule has 0 bridgehead atoms. The summed E-state index contributed by atoms with van der Waals surface area (Å²) in [6.45, 7) is 7.17. The lowest BCUT2D eigenvalue weighted by atomic mass is 9.81. The number of urea groups is 1. The van der Waals surface area contributed by atoms with Gasteiger partial charge < -0.3 is 15.3 Å². The van der Waals surface area contributed by atoms with E-state index in [1.165, 1.54) is 25.7 Å². The van der Waals surface area contributed by atoms with Crippen molar-refractivity contribution < 1.29 is 14.7 Å². The molecule has 0 aromatic carbocycles. The number of carboxylic acid groups (broad SMARTS) is 1. The van der Waals surface area contributed by atoms with Crippen molar-refractivity contribution in [2.45, 2.75) is 65.3 Å². The van der Waals surface area contributed by atoms with Crippen molar-refractivity contribution in [1.29, 1.82) is 0 Å². The highest BCUT2D eigenvalue weighted by atomic mass is 16.4. The summed E-state index contributed by atoms with van der Waals surface area (Å²) < 4.78 is 0. The van der Waals surface area contributed by atoms with Gasteiger partial charge in [-0.2, -0.15) is 0 Å². The Morgan fingerprint density at radius 3 is 2.67 bits per heavy atom. The number of carbonyl (C=O) groups is 2. The molecule has 5 nitrogen and oxygen atoms in total. The average molecular weight is 298 g/mol. The predicted molar refractivity (Wildman–Crippen MR) is 83.2 cm³/mol. The zero-order valence-corrected chi connectivity index (χ0v) is 13.6. The SMILES string of the molecule is CCN(C(=O)NCCC1CCCC(C)C1)C(C)CC(=O)O. The van der Waals surface area contributed by atoms with Gasteiger partial charge >= 0.3 is 12.0 Å². The predicted octanol–water partition coefficient (Wildman–Crippen LogP) is 3.10. The Morgan fingerprint density at radius 1 is 1.38 bits per heavy atom. The van der Waals surface area contributed by atoms with Crippen LogP contribution in [0.15, 0.2) is 0 Å². The van der Waals surface area contributed by atoms with Gasteiger partial charge in [0, 0.05) is 19.1 Å². The van der Waals surface area contributed by atoms with E-state index in [4.69, 9.17) is 5.11 Å². The van der Waals surface area contributed by atoms with Gasteiger partial charge in [-0.05, 0) is 38.5 Å². The first-order valence-corrected chi connectivity index (χ1v) is 8.20. The molecule has 3 unspecified atom stereocenters. The van der Waals surface area contributed by atoms with Crippen LogP contribution in [0.3, 0.4) is 0 Å². The maximum atomic E-state index is 12.1. The van der Waals surface area contributed by atoms with Crippen LogP contribution in [0.4, 0.5) is 4.79 Å². The number of hydrogen-bond donors (Lipinski definition) is 2. The van der Waals surface area contributed by atoms with Crippen LogP contribution >= 0.6 is 0 Å². The van der Waals surface area contributed by atoms with E-state index in [9.17, 15) is 9.59 Å². The summed E-state index contributed by atoms with van der Waals surface area (Å²) in [5.41, 5.74) is 0. The molecule has 0 spiro atoms. The Balaban J connectivity index is 2.32. The van der Waals surface area contributed by atoms with Crippen molar-refractivity contribution >= 4 is 12.0 Å². The quantitative estimate of drug-likeness (QED) is 0.759. The molecule has 0 aliphatic heterocycles. The van der Waals surface area contributed by atoms with E-state index in [1.807, 2.05) is 6.92 Å². The zero-order valence-electron chi connectivity index (χ0n) is 13.6. The molecule has 3 atom stereocenters. The fourth-order valence-corrected chi connectivity index (χ4v) is 3.33. The summed E-state index contributed by atoms with van der Waals surface area (Å²) >= 11 is 0. The van der Waals surface area contributed by atoms with E-state index in [2.05, 4.69) is 12.2 Å². The number of hydrogen-bond acceptors (Lipinski definition) is 2. The molecule has 1 saturated carbocycles. The molecule has 2 amide bonds. The Hall–Kier alpha value is -1.26. The summed E-state index contributed by atoms with van der Waals surface area (Å²) in [5.74, 6) is 0.660. The molecular formula is C16H30N2O3. The highest BCUT2D eigenvalue weighted by molar-refractivity contribution is 5.75. The van der Waals surface area contributed by atoms with Crippen molar-refractivity contribution in [2.24, 2.45) is 11.8 Å². The minimum Gasteiger partial charge on any atom is -0.481 e. The van der Waals surface area contributed by atoms with Crippen LogP contribution in [0, 0.1) is 11.8 Å². The molecule has 2 N–H and O–H groups in total. The molecule has 1 aliphatic carbocycles. The smallest absolute Gasteiger partial charge is 0.317 e. The van der Waals surface area contributed by atoms with Gasteiger partial charge in [0.2, 0.25) is 0 Å². The first-order valence-electron chi connectivity index (χ1n) is 8.20. The van der Waals surface area contributed by atoms with Gasteiger partial charge in [-0.1, -0.05) is 26.2 Å². The second-order valence-electron chi connectivity index (χ2n) is 6.39. The Bertz CT molecular complexity index is 346. The molecule has 0 saturated heterocycles. The third-order valence-corrected chi connectivity index (χ3v) is 4.48. The molecule has 0 heterocycles. The van der Waals surface area contributed by atoms with Gasteiger partial charge in [0.1, 0.15) is 0 Å². The molecule has 5 heteroatoms. The van der Waals surface area contributed by atoms with Crippen molar-refractivity contribution in [2.75, 3.05) is 13.1 Å². The van der Waals surface area contributed by atoms with Crippen LogP contribution < -0.4 is 5.32 Å². The molecule has 21 heavy (non-hydrogen) atoms. The molecule has 1 aliphatic rings. The molecule has 122 valence electrons. The summed E-state index contributed by atoms with van der Waals surface area (Å²) in [6, 6.07) is -0.419. The van der Waals surface area contributed by atoms with Crippen LogP contribution in [0.2, 0.25) is 0 Å². The summed E-state index contributed by atoms with van der Waals surface area (Å²) in [7, 11) is 0. The van der Waals surface area contributed by atoms with Crippen LogP contribution in [-0.2, 0) is 4.79 Å². The highest BCUT2D eigenvalue weighted by Crippen LogP contribution is 2.30. The fourth-order valence-electron chi connectivity index (χ4n) is 3.33. The molecule has 1 rings (SSSR count). The highest BCUT2D eigenvalue weighted by Gasteiger charge is 2.22. The van der Waals surface area contributed by atoms with E-state index in [0.717, 1.165) is 18.3 Å². The number of aliphatic carboxylic acids is 1. The number of amides is 2. The molecule has 1 fully saturated rings. The van der Waals surface area contributed by atoms with Gasteiger partial charge in [0.25, 0.3) is 0 Å². The monoisotopic (exact) mass is 298 g/mol. The van der Waals surface area contributed by atoms with Crippen LogP contribution in [-0.4, -0.2) is 41.1 Å². The fraction of sp³-hybridized carbons (Fsp3) is 0.875. The minimum atomic E-state index is -0.870. The van der Waals surface area contributed by atoms with Crippen LogP contribution in [0.1, 0.15) is 59.3 Å². The van der Waals surface area contributed by atoms with E-state index < -0.39 is 5.97 Å². The number of nitrogens with zero attached hydrogens (tertiary/aromatic N) is 1. The van der Waals surface area contributed by atoms with Crippen LogP contribution in [0.25, 0.3) is 0 Å². The second kappa shape index (κ2) is 8.90.